The van der Waals surface area contributed by atoms with Gasteiger partial charge in [0.1, 0.15) is 5.41 Å². The van der Waals surface area contributed by atoms with Crippen molar-refractivity contribution in [3.05, 3.63) is 46.4 Å². The number of hydrogen-bond acceptors (Lipinski definition) is 1. The number of likely N-dealkylation sites (N-methyl/N-ethyl adjacent to an activating group) is 1. The Morgan fingerprint density at radius 3 is 2.32 bits per heavy atom. The molecule has 0 N–H and O–H groups in total. The summed E-state index contributed by atoms with van der Waals surface area (Å²) in [7, 11) is 0. The van der Waals surface area contributed by atoms with Gasteiger partial charge in [-0.25, -0.2) is 4.42 Å². The summed E-state index contributed by atoms with van der Waals surface area (Å²) in [6.07, 6.45) is 8.03. The van der Waals surface area contributed by atoms with Gasteiger partial charge in [0.15, 0.2) is 0 Å². The first kappa shape index (κ1) is 18.2. The molecule has 3 aliphatic rings. The smallest absolute Gasteiger partial charge is 0.341 e. The number of allylic oxidation sites excluding steroid dienone is 5. The molecule has 1 atom stereocenters. The molecule has 1 unspecified atom stereocenters. The molecule has 25 heavy (non-hydrogen) atoms. The van der Waals surface area contributed by atoms with Crippen molar-refractivity contribution in [1.29, 1.82) is 0 Å². The first-order valence-corrected chi connectivity index (χ1v) is 9.57. The largest absolute Gasteiger partial charge is 0.363 e. The quantitative estimate of drug-likeness (QED) is 0.558. The highest BCUT2D eigenvalue weighted by atomic mass is 16.4. The lowest BCUT2D eigenvalue weighted by molar-refractivity contribution is -0.419. The van der Waals surface area contributed by atoms with Gasteiger partial charge in [-0.3, -0.25) is 0 Å². The summed E-state index contributed by atoms with van der Waals surface area (Å²) in [5.74, 6) is 2.18. The van der Waals surface area contributed by atoms with Crippen molar-refractivity contribution in [3.63, 3.8) is 0 Å². The molecule has 2 nitrogen and oxygen atoms in total. The minimum Gasteiger partial charge on any atom is -0.363 e. The maximum atomic E-state index is 6.49. The molecule has 0 fully saturated rings. The summed E-state index contributed by atoms with van der Waals surface area (Å²) in [5.41, 5.74) is 5.67. The normalized spacial score (nSPS) is 28.6. The minimum atomic E-state index is -0.0381. The van der Waals surface area contributed by atoms with Crippen molar-refractivity contribution in [1.82, 2.24) is 4.90 Å². The standard InChI is InChI=1S/C23H34NO/c1-10-24-18-12-20-23(9,14-17(18)15(2)13-22(24,7)8)16(3)11-19(25-20)21(4,5)6/h11-13H,10,14H2,1-9H3/q+1. The van der Waals surface area contributed by atoms with Crippen molar-refractivity contribution in [3.8, 4) is 0 Å². The summed E-state index contributed by atoms with van der Waals surface area (Å²) in [6.45, 7) is 21.4. The molecule has 0 radical (unpaired) electrons. The third kappa shape index (κ3) is 2.74. The summed E-state index contributed by atoms with van der Waals surface area (Å²) < 4.78 is 6.49. The molecule has 0 aromatic heterocycles. The van der Waals surface area contributed by atoms with Crippen molar-refractivity contribution >= 4 is 5.78 Å². The Kier molecular flexibility index (Phi) is 3.98. The van der Waals surface area contributed by atoms with Crippen LogP contribution in [-0.2, 0) is 4.42 Å². The van der Waals surface area contributed by atoms with Gasteiger partial charge < -0.3 is 4.90 Å². The Labute approximate surface area is 153 Å². The molecule has 0 saturated carbocycles. The first-order chi connectivity index (χ1) is 11.4. The van der Waals surface area contributed by atoms with Gasteiger partial charge in [0.25, 0.3) is 0 Å². The van der Waals surface area contributed by atoms with E-state index in [0.717, 1.165) is 24.5 Å². The zero-order chi connectivity index (χ0) is 18.8. The SMILES string of the molecule is CCN1C2=C(CC3(C)C(C)=CC(C(C)(C)C)=[O+]C3=C2)C(C)=CC1(C)C. The van der Waals surface area contributed by atoms with Crippen LogP contribution in [0.2, 0.25) is 0 Å². The van der Waals surface area contributed by atoms with E-state index in [4.69, 9.17) is 4.42 Å². The van der Waals surface area contributed by atoms with E-state index in [-0.39, 0.29) is 16.4 Å². The van der Waals surface area contributed by atoms with Crippen molar-refractivity contribution < 1.29 is 4.42 Å². The predicted molar refractivity (Wildman–Crippen MR) is 106 cm³/mol. The van der Waals surface area contributed by atoms with E-state index < -0.39 is 0 Å². The van der Waals surface area contributed by atoms with E-state index in [0.29, 0.717) is 0 Å². The number of ketones is 1. The van der Waals surface area contributed by atoms with Crippen LogP contribution in [0.25, 0.3) is 0 Å². The summed E-state index contributed by atoms with van der Waals surface area (Å²) in [5, 5.41) is 0. The van der Waals surface area contributed by atoms with Crippen molar-refractivity contribution in [2.45, 2.75) is 74.3 Å². The molecule has 0 spiro atoms. The van der Waals surface area contributed by atoms with E-state index in [1.807, 2.05) is 0 Å². The Balaban J connectivity index is 2.19. The van der Waals surface area contributed by atoms with Gasteiger partial charge in [0.2, 0.25) is 0 Å². The average Bonchev–Trinajstić information content (AvgIpc) is 2.46. The number of nitrogens with zero attached hydrogens (tertiary/aromatic N) is 1. The molecule has 136 valence electrons. The second-order valence-corrected chi connectivity index (χ2v) is 9.65. The highest BCUT2D eigenvalue weighted by molar-refractivity contribution is 5.96. The predicted octanol–water partition coefficient (Wildman–Crippen LogP) is 5.71. The van der Waals surface area contributed by atoms with Gasteiger partial charge in [-0.15, -0.1) is 0 Å². The lowest BCUT2D eigenvalue weighted by Crippen LogP contribution is -2.46. The van der Waals surface area contributed by atoms with Gasteiger partial charge in [0.05, 0.1) is 17.0 Å². The van der Waals surface area contributed by atoms with Crippen LogP contribution in [0.1, 0.15) is 68.7 Å². The number of carbonyl (C=O) groups excluding carboxylic acids is 1. The topological polar surface area (TPSA) is 14.5 Å². The number of hydrogen-bond donors (Lipinski definition) is 0. The molecule has 2 heteroatoms. The lowest BCUT2D eigenvalue weighted by atomic mass is 9.68. The van der Waals surface area contributed by atoms with Crippen LogP contribution < -0.4 is 0 Å². The molecule has 0 saturated heterocycles. The fraction of sp³-hybridized carbons (Fsp3) is 0.609. The molecule has 2 heterocycles. The van der Waals surface area contributed by atoms with Gasteiger partial charge >= 0.3 is 11.5 Å². The Bertz CT molecular complexity index is 764. The summed E-state index contributed by atoms with van der Waals surface area (Å²) in [4.78, 5) is 2.51. The van der Waals surface area contributed by atoms with Gasteiger partial charge in [-0.05, 0) is 85.5 Å². The van der Waals surface area contributed by atoms with E-state index >= 15 is 0 Å². The van der Waals surface area contributed by atoms with E-state index in [1.54, 1.807) is 0 Å². The van der Waals surface area contributed by atoms with Crippen molar-refractivity contribution in [2.24, 2.45) is 10.8 Å². The van der Waals surface area contributed by atoms with E-state index in [9.17, 15) is 0 Å². The maximum absolute atomic E-state index is 6.49. The number of fused-ring (bicyclic) bond motifs is 1. The highest BCUT2D eigenvalue weighted by Gasteiger charge is 2.50. The monoisotopic (exact) mass is 340 g/mol. The molecule has 0 bridgehead atoms. The maximum Gasteiger partial charge on any atom is 0.341 e. The van der Waals surface area contributed by atoms with Crippen LogP contribution in [-0.4, -0.2) is 22.8 Å². The molecule has 1 aliphatic carbocycles. The molecule has 3 rings (SSSR count). The summed E-state index contributed by atoms with van der Waals surface area (Å²) in [6, 6.07) is 0. The van der Waals surface area contributed by atoms with Crippen LogP contribution in [0.3, 0.4) is 0 Å². The molecular formula is C23H34NO+. The highest BCUT2D eigenvalue weighted by Crippen LogP contribution is 2.51. The fourth-order valence-corrected chi connectivity index (χ4v) is 4.42. The fourth-order valence-electron chi connectivity index (χ4n) is 4.42. The van der Waals surface area contributed by atoms with Crippen LogP contribution in [0.15, 0.2) is 46.4 Å². The minimum absolute atomic E-state index is 0.0180. The van der Waals surface area contributed by atoms with Crippen LogP contribution >= 0.6 is 0 Å². The van der Waals surface area contributed by atoms with Gasteiger partial charge in [0, 0.05) is 18.3 Å². The molecular weight excluding hydrogens is 306 g/mol. The molecule has 2 aliphatic heterocycles. The Morgan fingerprint density at radius 1 is 1.12 bits per heavy atom. The molecule has 0 aromatic carbocycles. The summed E-state index contributed by atoms with van der Waals surface area (Å²) >= 11 is 0. The third-order valence-electron chi connectivity index (χ3n) is 6.18. The Morgan fingerprint density at radius 2 is 1.76 bits per heavy atom. The van der Waals surface area contributed by atoms with Gasteiger partial charge in [-0.1, -0.05) is 6.08 Å². The second-order valence-electron chi connectivity index (χ2n) is 9.65. The van der Waals surface area contributed by atoms with Crippen LogP contribution in [0.4, 0.5) is 0 Å². The second kappa shape index (κ2) is 5.46. The lowest BCUT2D eigenvalue weighted by Gasteiger charge is -2.46. The Hall–Kier alpha value is -1.57. The zero-order valence-corrected chi connectivity index (χ0v) is 17.5. The molecule has 0 aromatic rings. The molecule has 0 amide bonds. The average molecular weight is 341 g/mol. The first-order valence-electron chi connectivity index (χ1n) is 9.57. The van der Waals surface area contributed by atoms with E-state index in [2.05, 4.69) is 85.4 Å². The van der Waals surface area contributed by atoms with Crippen molar-refractivity contribution in [2.75, 3.05) is 6.54 Å². The van der Waals surface area contributed by atoms with Crippen LogP contribution in [0, 0.1) is 10.8 Å². The third-order valence-corrected chi connectivity index (χ3v) is 6.18. The van der Waals surface area contributed by atoms with Gasteiger partial charge in [-0.2, -0.15) is 0 Å². The number of rotatable bonds is 1. The van der Waals surface area contributed by atoms with Crippen LogP contribution in [0.5, 0.6) is 0 Å². The zero-order valence-electron chi connectivity index (χ0n) is 17.5. The van der Waals surface area contributed by atoms with E-state index in [1.165, 1.54) is 22.4 Å².